The van der Waals surface area contributed by atoms with Gasteiger partial charge >= 0.3 is 0 Å². The zero-order valence-corrected chi connectivity index (χ0v) is 3.98. The molecule has 0 bridgehead atoms. The van der Waals surface area contributed by atoms with Crippen molar-refractivity contribution in [1.82, 2.24) is 0 Å². The highest BCUT2D eigenvalue weighted by Gasteiger charge is 1.77. The molecule has 0 saturated carbocycles. The molecule has 0 radical (unpaired) electrons. The van der Waals surface area contributed by atoms with Crippen LogP contribution in [0.25, 0.3) is 0 Å². The first kappa shape index (κ1) is 3.87. The summed E-state index contributed by atoms with van der Waals surface area (Å²) in [5.41, 5.74) is 3.57. The van der Waals surface area contributed by atoms with E-state index in [4.69, 9.17) is 0 Å². The predicted molar refractivity (Wildman–Crippen MR) is 29.4 cm³/mol. The number of hydrogen-bond acceptors (Lipinski definition) is 3. The van der Waals surface area contributed by atoms with Gasteiger partial charge in [0.25, 0.3) is 0 Å². The highest BCUT2D eigenvalue weighted by atomic mass is 32.2. The molecule has 0 spiro atoms. The minimum Gasteiger partial charge on any atom is -0.263 e. The lowest BCUT2D eigenvalue weighted by Gasteiger charge is -1.87. The summed E-state index contributed by atoms with van der Waals surface area (Å²) in [6.45, 7) is 0.618. The summed E-state index contributed by atoms with van der Waals surface area (Å²) in [6.07, 6.45) is 0. The molecule has 1 rings (SSSR count). The molecule has 3 heteroatoms. The molecule has 6 heavy (non-hydrogen) atoms. The molecule has 2 nitrogen and oxygen atoms in total. The van der Waals surface area contributed by atoms with Gasteiger partial charge in [-0.05, 0) is 0 Å². The number of aliphatic imine (C=N–C) groups is 2. The summed E-state index contributed by atoms with van der Waals surface area (Å²) in [5, 5.41) is 0. The summed E-state index contributed by atoms with van der Waals surface area (Å²) in [5.74, 6) is 0. The van der Waals surface area contributed by atoms with Crippen LogP contribution in [0.3, 0.4) is 0 Å². The van der Waals surface area contributed by atoms with Crippen molar-refractivity contribution in [2.75, 3.05) is 6.67 Å². The van der Waals surface area contributed by atoms with Crippen LogP contribution in [0, 0.1) is 0 Å². The van der Waals surface area contributed by atoms with Crippen LogP contribution in [-0.2, 0) is 0 Å². The first-order valence-corrected chi connectivity index (χ1v) is 2.56. The quantitative estimate of drug-likeness (QED) is 0.441. The van der Waals surface area contributed by atoms with Gasteiger partial charge in [-0.15, -0.1) is 0 Å². The third kappa shape index (κ3) is 0.825. The second-order valence-corrected chi connectivity index (χ2v) is 1.55. The SMILES string of the molecule is C1=NCN=CS1. The van der Waals surface area contributed by atoms with Crippen molar-refractivity contribution in [3.05, 3.63) is 0 Å². The summed E-state index contributed by atoms with van der Waals surface area (Å²) < 4.78 is 0. The van der Waals surface area contributed by atoms with Crippen LogP contribution in [0.4, 0.5) is 0 Å². The third-order valence-corrected chi connectivity index (χ3v) is 0.976. The third-order valence-electron chi connectivity index (χ3n) is 0.434. The van der Waals surface area contributed by atoms with Crippen molar-refractivity contribution in [2.45, 2.75) is 0 Å². The molecule has 0 aromatic rings. The van der Waals surface area contributed by atoms with E-state index in [2.05, 4.69) is 9.98 Å². The summed E-state index contributed by atoms with van der Waals surface area (Å²) in [6, 6.07) is 0. The Balaban J connectivity index is 2.40. The summed E-state index contributed by atoms with van der Waals surface area (Å²) in [4.78, 5) is 7.63. The smallest absolute Gasteiger partial charge is 0.130 e. The average molecular weight is 100 g/mol. The van der Waals surface area contributed by atoms with Crippen LogP contribution in [-0.4, -0.2) is 17.8 Å². The molecule has 0 atom stereocenters. The lowest BCUT2D eigenvalue weighted by atomic mass is 11.1. The van der Waals surface area contributed by atoms with E-state index in [0.29, 0.717) is 6.67 Å². The van der Waals surface area contributed by atoms with Crippen molar-refractivity contribution < 1.29 is 0 Å². The van der Waals surface area contributed by atoms with E-state index >= 15 is 0 Å². The van der Waals surface area contributed by atoms with Gasteiger partial charge in [0.15, 0.2) is 0 Å². The molecule has 1 aliphatic rings. The van der Waals surface area contributed by atoms with Gasteiger partial charge in [0.05, 0.1) is 11.1 Å². The van der Waals surface area contributed by atoms with Crippen LogP contribution in [0.2, 0.25) is 0 Å². The number of hydrogen-bond donors (Lipinski definition) is 0. The van der Waals surface area contributed by atoms with Gasteiger partial charge in [-0.3, -0.25) is 9.98 Å². The highest BCUT2D eigenvalue weighted by molar-refractivity contribution is 8.23. The van der Waals surface area contributed by atoms with E-state index in [1.807, 2.05) is 0 Å². The van der Waals surface area contributed by atoms with Crippen molar-refractivity contribution in [1.29, 1.82) is 0 Å². The van der Waals surface area contributed by atoms with E-state index < -0.39 is 0 Å². The van der Waals surface area contributed by atoms with Crippen LogP contribution in [0.1, 0.15) is 0 Å². The van der Waals surface area contributed by atoms with Crippen molar-refractivity contribution in [2.24, 2.45) is 9.98 Å². The minimum absolute atomic E-state index is 0.618. The van der Waals surface area contributed by atoms with Gasteiger partial charge < -0.3 is 0 Å². The summed E-state index contributed by atoms with van der Waals surface area (Å²) in [7, 11) is 0. The molecule has 0 aromatic heterocycles. The molecular weight excluding hydrogens is 96.1 g/mol. The maximum Gasteiger partial charge on any atom is 0.130 e. The second-order valence-electron chi connectivity index (χ2n) is 0.853. The number of rotatable bonds is 0. The van der Waals surface area contributed by atoms with Crippen LogP contribution < -0.4 is 0 Å². The van der Waals surface area contributed by atoms with Gasteiger partial charge in [-0.25, -0.2) is 0 Å². The molecule has 32 valence electrons. The molecule has 1 aliphatic heterocycles. The van der Waals surface area contributed by atoms with Gasteiger partial charge in [0.2, 0.25) is 0 Å². The van der Waals surface area contributed by atoms with Crippen molar-refractivity contribution >= 4 is 22.9 Å². The normalized spacial score (nSPS) is 18.7. The Hall–Kier alpha value is -0.310. The topological polar surface area (TPSA) is 24.7 Å². The maximum absolute atomic E-state index is 3.82. The molecule has 0 aliphatic carbocycles. The predicted octanol–water partition coefficient (Wildman–Crippen LogP) is 0.747. The largest absolute Gasteiger partial charge is 0.263 e. The fraction of sp³-hybridized carbons (Fsp3) is 0.333. The van der Waals surface area contributed by atoms with Crippen molar-refractivity contribution in [3.8, 4) is 0 Å². The van der Waals surface area contributed by atoms with E-state index in [9.17, 15) is 0 Å². The Bertz CT molecular complexity index is 66.8. The average Bonchev–Trinajstić information content (AvgIpc) is 1.72. The Kier molecular flexibility index (Phi) is 1.27. The molecule has 0 saturated heterocycles. The van der Waals surface area contributed by atoms with Crippen LogP contribution >= 0.6 is 11.8 Å². The zero-order valence-electron chi connectivity index (χ0n) is 3.16. The number of thioether (sulfide) groups is 1. The van der Waals surface area contributed by atoms with Gasteiger partial charge in [-0.2, -0.15) is 0 Å². The standard InChI is InChI=1S/C3H4N2S/c1-4-2-6-3-5-1/h2-3H,1H2. The highest BCUT2D eigenvalue weighted by Crippen LogP contribution is 1.92. The van der Waals surface area contributed by atoms with Gasteiger partial charge in [-0.1, -0.05) is 11.8 Å². The van der Waals surface area contributed by atoms with Crippen LogP contribution in [0.5, 0.6) is 0 Å². The minimum atomic E-state index is 0.618. The number of nitrogens with zero attached hydrogens (tertiary/aromatic N) is 2. The van der Waals surface area contributed by atoms with Gasteiger partial charge in [0.1, 0.15) is 6.67 Å². The molecule has 1 heterocycles. The van der Waals surface area contributed by atoms with Crippen molar-refractivity contribution in [3.63, 3.8) is 0 Å². The Labute approximate surface area is 40.4 Å². The monoisotopic (exact) mass is 100 g/mol. The molecule has 0 fully saturated rings. The lowest BCUT2D eigenvalue weighted by Crippen LogP contribution is -1.79. The Morgan fingerprint density at radius 3 is 2.17 bits per heavy atom. The first-order chi connectivity index (χ1) is 3.00. The summed E-state index contributed by atoms with van der Waals surface area (Å²) >= 11 is 1.51. The molecule has 0 N–H and O–H groups in total. The fourth-order valence-corrected chi connectivity index (χ4v) is 0.587. The molecular formula is C3H4N2S. The van der Waals surface area contributed by atoms with E-state index in [1.54, 1.807) is 11.1 Å². The van der Waals surface area contributed by atoms with Gasteiger partial charge in [0, 0.05) is 0 Å². The Morgan fingerprint density at radius 2 is 2.00 bits per heavy atom. The fourth-order valence-electron chi connectivity index (χ4n) is 0.227. The second kappa shape index (κ2) is 1.97. The van der Waals surface area contributed by atoms with E-state index in [1.165, 1.54) is 11.8 Å². The maximum atomic E-state index is 3.82. The lowest BCUT2D eigenvalue weighted by molar-refractivity contribution is 1.09. The molecule has 0 aromatic carbocycles. The molecule has 0 unspecified atom stereocenters. The van der Waals surface area contributed by atoms with Crippen LogP contribution in [0.15, 0.2) is 9.98 Å². The zero-order chi connectivity index (χ0) is 4.24. The Morgan fingerprint density at radius 1 is 1.33 bits per heavy atom. The van der Waals surface area contributed by atoms with E-state index in [0.717, 1.165) is 0 Å². The van der Waals surface area contributed by atoms with E-state index in [-0.39, 0.29) is 0 Å². The molecule has 0 amide bonds. The first-order valence-electron chi connectivity index (χ1n) is 1.62.